The predicted molar refractivity (Wildman–Crippen MR) is 100 cm³/mol. The normalized spacial score (nSPS) is 11.0. The van der Waals surface area contributed by atoms with E-state index in [-0.39, 0.29) is 10.9 Å². The maximum absolute atomic E-state index is 14.2. The van der Waals surface area contributed by atoms with Gasteiger partial charge in [-0.2, -0.15) is 0 Å². The molecule has 0 unspecified atom stereocenters. The lowest BCUT2D eigenvalue weighted by Gasteiger charge is -2.10. The zero-order chi connectivity index (χ0) is 18.3. The number of aryl methyl sites for hydroxylation is 1. The van der Waals surface area contributed by atoms with Gasteiger partial charge in [-0.25, -0.2) is 8.78 Å². The molecule has 3 aromatic carbocycles. The third-order valence-corrected chi connectivity index (χ3v) is 4.49. The topological polar surface area (TPSA) is 32.9 Å². The zero-order valence-electron chi connectivity index (χ0n) is 14.0. The fourth-order valence-electron chi connectivity index (χ4n) is 3.27. The Labute approximate surface area is 148 Å². The van der Waals surface area contributed by atoms with Gasteiger partial charge in [-0.05, 0) is 29.7 Å². The van der Waals surface area contributed by atoms with Crippen molar-refractivity contribution in [3.8, 4) is 22.3 Å². The van der Waals surface area contributed by atoms with Gasteiger partial charge in [-0.1, -0.05) is 54.6 Å². The van der Waals surface area contributed by atoms with Crippen molar-refractivity contribution in [2.24, 2.45) is 0 Å². The summed E-state index contributed by atoms with van der Waals surface area (Å²) in [4.78, 5) is 15.8. The van der Waals surface area contributed by atoms with Crippen LogP contribution in [0.5, 0.6) is 0 Å². The molecule has 4 heteroatoms. The molecule has 1 aromatic heterocycles. The number of halogens is 2. The van der Waals surface area contributed by atoms with Gasteiger partial charge in [-0.3, -0.25) is 4.79 Å². The molecule has 0 saturated heterocycles. The van der Waals surface area contributed by atoms with Crippen LogP contribution in [0.15, 0.2) is 71.5 Å². The summed E-state index contributed by atoms with van der Waals surface area (Å²) in [6, 6.07) is 19.3. The molecule has 4 rings (SSSR count). The van der Waals surface area contributed by atoms with Crippen LogP contribution in [0.1, 0.15) is 5.69 Å². The Kier molecular flexibility index (Phi) is 3.88. The summed E-state index contributed by atoms with van der Waals surface area (Å²) in [7, 11) is 0. The number of hydrogen-bond donors (Lipinski definition) is 1. The molecule has 0 amide bonds. The van der Waals surface area contributed by atoms with Crippen LogP contribution in [0.3, 0.4) is 0 Å². The molecule has 0 atom stereocenters. The van der Waals surface area contributed by atoms with Crippen LogP contribution in [-0.4, -0.2) is 4.98 Å². The molecule has 4 aromatic rings. The van der Waals surface area contributed by atoms with Gasteiger partial charge in [0.05, 0.1) is 10.9 Å². The second-order valence-corrected chi connectivity index (χ2v) is 6.21. The van der Waals surface area contributed by atoms with Crippen LogP contribution in [0.25, 0.3) is 33.2 Å². The monoisotopic (exact) mass is 347 g/mol. The smallest absolute Gasteiger partial charge is 0.200 e. The molecule has 128 valence electrons. The van der Waals surface area contributed by atoms with E-state index in [0.29, 0.717) is 16.8 Å². The first-order valence-corrected chi connectivity index (χ1v) is 8.22. The summed E-state index contributed by atoms with van der Waals surface area (Å²) in [5.41, 5.74) is 3.47. The molecule has 0 bridgehead atoms. The molecule has 0 aliphatic carbocycles. The molecule has 26 heavy (non-hydrogen) atoms. The fraction of sp³-hybridized carbons (Fsp3) is 0.0455. The van der Waals surface area contributed by atoms with Crippen LogP contribution < -0.4 is 5.43 Å². The first-order valence-electron chi connectivity index (χ1n) is 8.22. The van der Waals surface area contributed by atoms with Gasteiger partial charge >= 0.3 is 0 Å². The van der Waals surface area contributed by atoms with Crippen molar-refractivity contribution < 1.29 is 8.78 Å². The molecule has 0 aliphatic heterocycles. The van der Waals surface area contributed by atoms with E-state index in [4.69, 9.17) is 0 Å². The third-order valence-electron chi connectivity index (χ3n) is 4.49. The van der Waals surface area contributed by atoms with Crippen LogP contribution >= 0.6 is 0 Å². The average Bonchev–Trinajstić information content (AvgIpc) is 2.62. The summed E-state index contributed by atoms with van der Waals surface area (Å²) in [5, 5.41) is -0.126. The van der Waals surface area contributed by atoms with E-state index in [2.05, 4.69) is 4.98 Å². The number of H-pyrrole nitrogens is 1. The van der Waals surface area contributed by atoms with E-state index in [1.807, 2.05) is 54.6 Å². The first-order chi connectivity index (χ1) is 12.5. The number of fused-ring (bicyclic) bond motifs is 1. The summed E-state index contributed by atoms with van der Waals surface area (Å²) in [6.07, 6.45) is 0. The number of rotatable bonds is 2. The minimum absolute atomic E-state index is 0.126. The molecule has 0 fully saturated rings. The Morgan fingerprint density at radius 2 is 1.42 bits per heavy atom. The van der Waals surface area contributed by atoms with Crippen LogP contribution in [0.4, 0.5) is 8.78 Å². The van der Waals surface area contributed by atoms with Gasteiger partial charge in [0.25, 0.3) is 0 Å². The maximum Gasteiger partial charge on any atom is 0.200 e. The Bertz CT molecular complexity index is 1160. The third kappa shape index (κ3) is 2.69. The molecule has 0 aliphatic rings. The van der Waals surface area contributed by atoms with Crippen LogP contribution in [0, 0.1) is 18.6 Å². The first kappa shape index (κ1) is 16.2. The van der Waals surface area contributed by atoms with E-state index in [0.717, 1.165) is 23.3 Å². The molecule has 0 saturated carbocycles. The van der Waals surface area contributed by atoms with Crippen molar-refractivity contribution in [1.29, 1.82) is 0 Å². The second kappa shape index (κ2) is 6.23. The van der Waals surface area contributed by atoms with Crippen molar-refractivity contribution in [3.63, 3.8) is 0 Å². The van der Waals surface area contributed by atoms with Crippen molar-refractivity contribution in [3.05, 3.63) is 94.3 Å². The van der Waals surface area contributed by atoms with E-state index in [1.54, 1.807) is 6.92 Å². The van der Waals surface area contributed by atoms with Gasteiger partial charge < -0.3 is 4.98 Å². The van der Waals surface area contributed by atoms with E-state index >= 15 is 0 Å². The van der Waals surface area contributed by atoms with Crippen LogP contribution in [-0.2, 0) is 0 Å². The molecular weight excluding hydrogens is 332 g/mol. The summed E-state index contributed by atoms with van der Waals surface area (Å²) < 4.78 is 27.6. The average molecular weight is 347 g/mol. The molecule has 1 N–H and O–H groups in total. The van der Waals surface area contributed by atoms with Crippen molar-refractivity contribution in [1.82, 2.24) is 4.98 Å². The van der Waals surface area contributed by atoms with Crippen molar-refractivity contribution in [2.75, 3.05) is 0 Å². The Balaban J connectivity index is 1.88. The van der Waals surface area contributed by atoms with Gasteiger partial charge in [-0.15, -0.1) is 0 Å². The van der Waals surface area contributed by atoms with E-state index in [9.17, 15) is 13.6 Å². The van der Waals surface area contributed by atoms with Gasteiger partial charge in [0.2, 0.25) is 0 Å². The molecule has 0 radical (unpaired) electrons. The number of pyridine rings is 1. The van der Waals surface area contributed by atoms with Crippen LogP contribution in [0.2, 0.25) is 0 Å². The quantitative estimate of drug-likeness (QED) is 0.514. The Hall–Kier alpha value is -3.27. The number of benzene rings is 3. The van der Waals surface area contributed by atoms with Crippen molar-refractivity contribution >= 4 is 10.9 Å². The zero-order valence-corrected chi connectivity index (χ0v) is 14.0. The lowest BCUT2D eigenvalue weighted by molar-refractivity contribution is 0.591. The maximum atomic E-state index is 14.2. The van der Waals surface area contributed by atoms with Gasteiger partial charge in [0, 0.05) is 17.3 Å². The van der Waals surface area contributed by atoms with E-state index in [1.165, 1.54) is 0 Å². The molecule has 1 heterocycles. The lowest BCUT2D eigenvalue weighted by Crippen LogP contribution is -2.11. The highest BCUT2D eigenvalue weighted by Crippen LogP contribution is 2.26. The predicted octanol–water partition coefficient (Wildman–Crippen LogP) is 5.45. The fourth-order valence-corrected chi connectivity index (χ4v) is 3.27. The molecule has 0 spiro atoms. The minimum Gasteiger partial charge on any atom is -0.358 e. The Morgan fingerprint density at radius 1 is 0.808 bits per heavy atom. The standard InChI is InChI=1S/C22H15F2NO/c1-13-20(22(26)21-18(24)11-17(23)12-19(21)25-13)16-9-7-15(8-10-16)14-5-3-2-4-6-14/h2-12H,1H3,(H,25,26). The highest BCUT2D eigenvalue weighted by Gasteiger charge is 2.15. The number of aromatic nitrogens is 1. The van der Waals surface area contributed by atoms with E-state index < -0.39 is 17.1 Å². The molecular formula is C22H15F2NO. The number of hydrogen-bond acceptors (Lipinski definition) is 1. The summed E-state index contributed by atoms with van der Waals surface area (Å²) >= 11 is 0. The number of nitrogens with one attached hydrogen (secondary N) is 1. The van der Waals surface area contributed by atoms with Gasteiger partial charge in [0.15, 0.2) is 5.43 Å². The summed E-state index contributed by atoms with van der Waals surface area (Å²) in [5.74, 6) is -1.58. The van der Waals surface area contributed by atoms with Crippen molar-refractivity contribution in [2.45, 2.75) is 6.92 Å². The number of aromatic amines is 1. The Morgan fingerprint density at radius 3 is 2.12 bits per heavy atom. The second-order valence-electron chi connectivity index (χ2n) is 6.21. The SMILES string of the molecule is Cc1[nH]c2cc(F)cc(F)c2c(=O)c1-c1ccc(-c2ccccc2)cc1. The lowest BCUT2D eigenvalue weighted by atomic mass is 9.98. The van der Waals surface area contributed by atoms with Gasteiger partial charge in [0.1, 0.15) is 11.6 Å². The minimum atomic E-state index is -0.858. The largest absolute Gasteiger partial charge is 0.358 e. The highest BCUT2D eigenvalue weighted by atomic mass is 19.1. The highest BCUT2D eigenvalue weighted by molar-refractivity contribution is 5.85. The summed E-state index contributed by atoms with van der Waals surface area (Å²) in [6.45, 7) is 1.73. The molecule has 2 nitrogen and oxygen atoms in total.